The maximum atomic E-state index is 5.33. The van der Waals surface area contributed by atoms with Gasteiger partial charge in [0.1, 0.15) is 5.82 Å². The molecule has 0 aliphatic heterocycles. The molecule has 0 amide bonds. The fourth-order valence-corrected chi connectivity index (χ4v) is 2.52. The van der Waals surface area contributed by atoms with Crippen LogP contribution in [0.1, 0.15) is 25.7 Å². The highest BCUT2D eigenvalue weighted by Crippen LogP contribution is 2.22. The lowest BCUT2D eigenvalue weighted by molar-refractivity contribution is 0.254. The summed E-state index contributed by atoms with van der Waals surface area (Å²) in [6.45, 7) is 2.01. The van der Waals surface area contributed by atoms with Crippen LogP contribution in [-0.2, 0) is 0 Å². The molecule has 1 aliphatic carbocycles. The first-order valence-corrected chi connectivity index (χ1v) is 6.66. The summed E-state index contributed by atoms with van der Waals surface area (Å²) >= 11 is 0. The Bertz CT molecular complexity index is 362. The van der Waals surface area contributed by atoms with Crippen molar-refractivity contribution in [1.29, 1.82) is 0 Å². The molecule has 4 N–H and O–H groups in total. The highest BCUT2D eigenvalue weighted by Gasteiger charge is 2.18. The Morgan fingerprint density at radius 2 is 2.22 bits per heavy atom. The summed E-state index contributed by atoms with van der Waals surface area (Å²) in [7, 11) is 2.22. The smallest absolute Gasteiger partial charge is 0.141 e. The van der Waals surface area contributed by atoms with Crippen LogP contribution >= 0.6 is 0 Å². The van der Waals surface area contributed by atoms with Gasteiger partial charge in [-0.1, -0.05) is 12.8 Å². The highest BCUT2D eigenvalue weighted by molar-refractivity contribution is 5.51. The molecule has 1 aromatic rings. The topological polar surface area (TPSA) is 66.2 Å². The van der Waals surface area contributed by atoms with Gasteiger partial charge in [-0.2, -0.15) is 0 Å². The largest absolute Gasteiger partial charge is 0.384 e. The van der Waals surface area contributed by atoms with Crippen LogP contribution < -0.4 is 16.6 Å². The van der Waals surface area contributed by atoms with Gasteiger partial charge in [-0.15, -0.1) is 0 Å². The number of hydrogen-bond donors (Lipinski definition) is 3. The maximum absolute atomic E-state index is 5.33. The molecule has 0 aromatic carbocycles. The molecule has 0 atom stereocenters. The zero-order valence-electron chi connectivity index (χ0n) is 11.0. The van der Waals surface area contributed by atoms with Crippen molar-refractivity contribution >= 4 is 11.5 Å². The highest BCUT2D eigenvalue weighted by atomic mass is 15.2. The van der Waals surface area contributed by atoms with Gasteiger partial charge < -0.3 is 15.6 Å². The Kier molecular flexibility index (Phi) is 4.78. The fraction of sp³-hybridized carbons (Fsp3) is 0.615. The molecule has 100 valence electrons. The predicted molar refractivity (Wildman–Crippen MR) is 75.4 cm³/mol. The summed E-state index contributed by atoms with van der Waals surface area (Å²) in [4.78, 5) is 6.54. The van der Waals surface area contributed by atoms with Crippen LogP contribution in [0.15, 0.2) is 18.3 Å². The SMILES string of the molecule is CN(CCNc1ccnc(NN)c1)C1CCCC1. The van der Waals surface area contributed by atoms with Crippen molar-refractivity contribution in [2.45, 2.75) is 31.7 Å². The first-order chi connectivity index (χ1) is 8.79. The monoisotopic (exact) mass is 249 g/mol. The van der Waals surface area contributed by atoms with Crippen LogP contribution in [0.25, 0.3) is 0 Å². The van der Waals surface area contributed by atoms with Crippen LogP contribution in [0.2, 0.25) is 0 Å². The standard InChI is InChI=1S/C13H23N5/c1-18(12-4-2-3-5-12)9-8-15-11-6-7-16-13(10-11)17-14/h6-7,10,12H,2-5,8-9,14H2,1H3,(H2,15,16,17). The first kappa shape index (κ1) is 13.1. The van der Waals surface area contributed by atoms with Crippen LogP contribution in [0.4, 0.5) is 11.5 Å². The van der Waals surface area contributed by atoms with Crippen LogP contribution in [0, 0.1) is 0 Å². The molecule has 1 fully saturated rings. The molecule has 0 unspecified atom stereocenters. The van der Waals surface area contributed by atoms with E-state index in [1.165, 1.54) is 25.7 Å². The minimum Gasteiger partial charge on any atom is -0.384 e. The van der Waals surface area contributed by atoms with E-state index in [2.05, 4.69) is 27.7 Å². The number of nitrogens with two attached hydrogens (primary N) is 1. The normalized spacial score (nSPS) is 16.2. The average Bonchev–Trinajstić information content (AvgIpc) is 2.93. The summed E-state index contributed by atoms with van der Waals surface area (Å²) in [6, 6.07) is 4.65. The van der Waals surface area contributed by atoms with E-state index >= 15 is 0 Å². The Hall–Kier alpha value is -1.33. The molecule has 5 heteroatoms. The van der Waals surface area contributed by atoms with Crippen molar-refractivity contribution in [3.8, 4) is 0 Å². The van der Waals surface area contributed by atoms with Gasteiger partial charge in [-0.3, -0.25) is 0 Å². The molecular weight excluding hydrogens is 226 g/mol. The molecule has 0 spiro atoms. The van der Waals surface area contributed by atoms with Gasteiger partial charge in [0, 0.05) is 37.1 Å². The zero-order valence-corrected chi connectivity index (χ0v) is 11.0. The number of nitrogens with zero attached hydrogens (tertiary/aromatic N) is 2. The second kappa shape index (κ2) is 6.56. The van der Waals surface area contributed by atoms with Gasteiger partial charge in [0.25, 0.3) is 0 Å². The van der Waals surface area contributed by atoms with Gasteiger partial charge in [0.2, 0.25) is 0 Å². The Labute approximate surface area is 109 Å². The van der Waals surface area contributed by atoms with Crippen molar-refractivity contribution in [3.63, 3.8) is 0 Å². The number of hydrogen-bond acceptors (Lipinski definition) is 5. The average molecular weight is 249 g/mol. The van der Waals surface area contributed by atoms with E-state index in [-0.39, 0.29) is 0 Å². The third kappa shape index (κ3) is 3.58. The number of anilines is 2. The number of likely N-dealkylation sites (N-methyl/N-ethyl adjacent to an activating group) is 1. The molecule has 18 heavy (non-hydrogen) atoms. The lowest BCUT2D eigenvalue weighted by Crippen LogP contribution is -2.33. The lowest BCUT2D eigenvalue weighted by Gasteiger charge is -2.24. The molecule has 0 bridgehead atoms. The molecule has 1 heterocycles. The predicted octanol–water partition coefficient (Wildman–Crippen LogP) is 1.65. The van der Waals surface area contributed by atoms with E-state index in [9.17, 15) is 0 Å². The lowest BCUT2D eigenvalue weighted by atomic mass is 10.2. The summed E-state index contributed by atoms with van der Waals surface area (Å²) in [5.41, 5.74) is 3.60. The molecule has 1 aliphatic rings. The van der Waals surface area contributed by atoms with Gasteiger partial charge in [-0.05, 0) is 26.0 Å². The number of aromatic nitrogens is 1. The quantitative estimate of drug-likeness (QED) is 0.528. The molecule has 5 nitrogen and oxygen atoms in total. The first-order valence-electron chi connectivity index (χ1n) is 6.66. The van der Waals surface area contributed by atoms with Crippen LogP contribution in [0.3, 0.4) is 0 Å². The van der Waals surface area contributed by atoms with Crippen molar-refractivity contribution in [3.05, 3.63) is 18.3 Å². The van der Waals surface area contributed by atoms with Crippen molar-refractivity contribution in [1.82, 2.24) is 9.88 Å². The molecule has 1 aromatic heterocycles. The molecule has 2 rings (SSSR count). The summed E-state index contributed by atoms with van der Waals surface area (Å²) in [5, 5.41) is 3.40. The van der Waals surface area contributed by atoms with Gasteiger partial charge >= 0.3 is 0 Å². The zero-order chi connectivity index (χ0) is 12.8. The minimum absolute atomic E-state index is 0.684. The van der Waals surface area contributed by atoms with E-state index in [0.29, 0.717) is 5.82 Å². The Morgan fingerprint density at radius 3 is 2.94 bits per heavy atom. The number of nitrogen functional groups attached to an aromatic ring is 1. The van der Waals surface area contributed by atoms with Crippen molar-refractivity contribution < 1.29 is 0 Å². The summed E-state index contributed by atoms with van der Waals surface area (Å²) in [6.07, 6.45) is 7.23. The van der Waals surface area contributed by atoms with E-state index in [0.717, 1.165) is 24.8 Å². The van der Waals surface area contributed by atoms with E-state index in [4.69, 9.17) is 5.84 Å². The number of hydrazine groups is 1. The summed E-state index contributed by atoms with van der Waals surface area (Å²) < 4.78 is 0. The van der Waals surface area contributed by atoms with Crippen molar-refractivity contribution in [2.75, 3.05) is 30.9 Å². The molecule has 0 saturated heterocycles. The van der Waals surface area contributed by atoms with Gasteiger partial charge in [0.15, 0.2) is 0 Å². The second-order valence-corrected chi connectivity index (χ2v) is 4.92. The van der Waals surface area contributed by atoms with Crippen LogP contribution in [0.5, 0.6) is 0 Å². The van der Waals surface area contributed by atoms with Crippen molar-refractivity contribution in [2.24, 2.45) is 5.84 Å². The Balaban J connectivity index is 1.73. The Morgan fingerprint density at radius 1 is 1.44 bits per heavy atom. The third-order valence-corrected chi connectivity index (χ3v) is 3.65. The molecule has 1 saturated carbocycles. The van der Waals surface area contributed by atoms with Gasteiger partial charge in [0.05, 0.1) is 0 Å². The van der Waals surface area contributed by atoms with E-state index in [1.807, 2.05) is 12.1 Å². The third-order valence-electron chi connectivity index (χ3n) is 3.65. The van der Waals surface area contributed by atoms with E-state index < -0.39 is 0 Å². The molecular formula is C13H23N5. The minimum atomic E-state index is 0.684. The number of pyridine rings is 1. The van der Waals surface area contributed by atoms with Gasteiger partial charge in [-0.25, -0.2) is 10.8 Å². The fourth-order valence-electron chi connectivity index (χ4n) is 2.52. The number of nitrogens with one attached hydrogen (secondary N) is 2. The molecule has 0 radical (unpaired) electrons. The summed E-state index contributed by atoms with van der Waals surface area (Å²) in [5.74, 6) is 6.01. The maximum Gasteiger partial charge on any atom is 0.141 e. The van der Waals surface area contributed by atoms with Crippen LogP contribution in [-0.4, -0.2) is 36.1 Å². The second-order valence-electron chi connectivity index (χ2n) is 4.92. The van der Waals surface area contributed by atoms with E-state index in [1.54, 1.807) is 6.20 Å². The number of rotatable bonds is 6.